The third-order valence-corrected chi connectivity index (χ3v) is 9.85. The zero-order valence-corrected chi connectivity index (χ0v) is 28.6. The molecule has 9 nitrogen and oxygen atoms in total. The molecule has 0 bridgehead atoms. The summed E-state index contributed by atoms with van der Waals surface area (Å²) in [6.07, 6.45) is 3.81. The van der Waals surface area contributed by atoms with Crippen molar-refractivity contribution in [1.82, 2.24) is 4.57 Å². The van der Waals surface area contributed by atoms with Gasteiger partial charge in [-0.2, -0.15) is 0 Å². The van der Waals surface area contributed by atoms with Crippen LogP contribution < -0.4 is 33.8 Å². The minimum atomic E-state index is -0.745. The zero-order chi connectivity index (χ0) is 33.9. The third-order valence-electron chi connectivity index (χ3n) is 8.12. The lowest BCUT2D eigenvalue weighted by molar-refractivity contribution is -0.138. The van der Waals surface area contributed by atoms with Crippen molar-refractivity contribution >= 4 is 40.8 Å². The van der Waals surface area contributed by atoms with E-state index >= 15 is 0 Å². The van der Waals surface area contributed by atoms with Crippen molar-refractivity contribution in [2.45, 2.75) is 24.5 Å². The molecule has 0 fully saturated rings. The number of benzene rings is 4. The molecule has 0 saturated heterocycles. The summed E-state index contributed by atoms with van der Waals surface area (Å²) >= 11 is 2.89. The number of carbonyl (C=O) groups excluding carboxylic acids is 1. The highest BCUT2D eigenvalue weighted by Gasteiger charge is 2.35. The quantitative estimate of drug-likeness (QED) is 0.131. The number of esters is 1. The number of fused-ring (bicyclic) bond motifs is 2. The van der Waals surface area contributed by atoms with Crippen molar-refractivity contribution in [3.63, 3.8) is 0 Å². The molecular weight excluding hydrogens is 661 g/mol. The summed E-state index contributed by atoms with van der Waals surface area (Å²) in [5.74, 6) is 1.96. The van der Waals surface area contributed by atoms with Crippen molar-refractivity contribution in [2.75, 3.05) is 26.8 Å². The maximum absolute atomic E-state index is 14.3. The van der Waals surface area contributed by atoms with Crippen LogP contribution in [0.4, 0.5) is 0 Å². The van der Waals surface area contributed by atoms with Crippen molar-refractivity contribution in [3.05, 3.63) is 139 Å². The van der Waals surface area contributed by atoms with Crippen molar-refractivity contribution in [2.24, 2.45) is 4.99 Å². The van der Waals surface area contributed by atoms with E-state index in [1.54, 1.807) is 36.4 Å². The molecule has 49 heavy (non-hydrogen) atoms. The van der Waals surface area contributed by atoms with E-state index in [0.717, 1.165) is 27.1 Å². The van der Waals surface area contributed by atoms with Crippen LogP contribution >= 0.6 is 23.1 Å². The molecule has 1 atom stereocenters. The smallest absolute Gasteiger partial charge is 0.338 e. The molecule has 3 heterocycles. The third kappa shape index (κ3) is 6.47. The molecule has 1 aromatic heterocycles. The number of methoxy groups -OCH3 is 1. The molecule has 0 saturated carbocycles. The fraction of sp³-hybridized carbons (Fsp3) is 0.184. The predicted octanol–water partition coefficient (Wildman–Crippen LogP) is 5.97. The molecule has 2 aliphatic rings. The van der Waals surface area contributed by atoms with Crippen LogP contribution in [-0.4, -0.2) is 37.3 Å². The molecule has 0 aliphatic carbocycles. The minimum Gasteiger partial charge on any atom is -0.493 e. The highest BCUT2D eigenvalue weighted by Crippen LogP contribution is 2.36. The minimum absolute atomic E-state index is 0.186. The molecule has 2 aliphatic heterocycles. The van der Waals surface area contributed by atoms with Crippen LogP contribution in [0.5, 0.6) is 23.0 Å². The molecule has 4 aromatic carbocycles. The second kappa shape index (κ2) is 14.1. The Hall–Kier alpha value is -5.26. The van der Waals surface area contributed by atoms with Crippen LogP contribution in [0.2, 0.25) is 0 Å². The molecule has 0 amide bonds. The first kappa shape index (κ1) is 32.3. The summed E-state index contributed by atoms with van der Waals surface area (Å²) in [7, 11) is 1.57. The van der Waals surface area contributed by atoms with Gasteiger partial charge in [-0.25, -0.2) is 9.79 Å². The summed E-state index contributed by atoms with van der Waals surface area (Å²) in [6.45, 7) is 2.46. The average molecular weight is 693 g/mol. The number of aromatic nitrogens is 1. The van der Waals surface area contributed by atoms with Crippen LogP contribution in [0, 0.1) is 0 Å². The van der Waals surface area contributed by atoms with Gasteiger partial charge in [0.05, 0.1) is 35.6 Å². The first-order chi connectivity index (χ1) is 24.0. The van der Waals surface area contributed by atoms with E-state index in [2.05, 4.69) is 0 Å². The lowest BCUT2D eigenvalue weighted by Crippen LogP contribution is -2.40. The SMILES string of the molecule is CCOC(=O)C1=C(c2ccccc2)N=c2s/c(=C\c3ccc(OCc4ccc5c(c4)OCO5)c(OC)c3)c(=O)n2[C@@H]1c1ccc(SC)cc1. The van der Waals surface area contributed by atoms with Gasteiger partial charge in [-0.3, -0.25) is 9.36 Å². The van der Waals surface area contributed by atoms with Crippen LogP contribution in [-0.2, 0) is 16.1 Å². The average Bonchev–Trinajstić information content (AvgIpc) is 3.74. The monoisotopic (exact) mass is 692 g/mol. The highest BCUT2D eigenvalue weighted by molar-refractivity contribution is 7.98. The molecule has 7 rings (SSSR count). The molecule has 0 unspecified atom stereocenters. The van der Waals surface area contributed by atoms with Gasteiger partial charge < -0.3 is 23.7 Å². The lowest BCUT2D eigenvalue weighted by Gasteiger charge is -2.26. The molecule has 5 aromatic rings. The number of ether oxygens (including phenoxy) is 5. The maximum Gasteiger partial charge on any atom is 0.338 e. The van der Waals surface area contributed by atoms with E-state index < -0.39 is 12.0 Å². The summed E-state index contributed by atoms with van der Waals surface area (Å²) in [5.41, 5.74) is 3.74. The summed E-state index contributed by atoms with van der Waals surface area (Å²) < 4.78 is 30.3. The molecular formula is C38H32N2O7S2. The van der Waals surface area contributed by atoms with Gasteiger partial charge in [-0.15, -0.1) is 11.8 Å². The number of hydrogen-bond donors (Lipinski definition) is 0. The number of rotatable bonds is 10. The largest absolute Gasteiger partial charge is 0.493 e. The van der Waals surface area contributed by atoms with Gasteiger partial charge in [-0.1, -0.05) is 65.9 Å². The summed E-state index contributed by atoms with van der Waals surface area (Å²) in [4.78, 5) is 34.5. The summed E-state index contributed by atoms with van der Waals surface area (Å²) in [5, 5.41) is 0. The van der Waals surface area contributed by atoms with Gasteiger partial charge in [0.1, 0.15) is 6.61 Å². The maximum atomic E-state index is 14.3. The van der Waals surface area contributed by atoms with Crippen molar-refractivity contribution in [3.8, 4) is 23.0 Å². The Labute approximate surface area is 290 Å². The number of thiazole rings is 1. The normalized spacial score (nSPS) is 15.1. The van der Waals surface area contributed by atoms with E-state index in [1.807, 2.05) is 97.3 Å². The van der Waals surface area contributed by atoms with Gasteiger partial charge in [0.2, 0.25) is 6.79 Å². The fourth-order valence-electron chi connectivity index (χ4n) is 5.78. The number of thioether (sulfide) groups is 1. The van der Waals surface area contributed by atoms with Gasteiger partial charge in [0, 0.05) is 10.5 Å². The van der Waals surface area contributed by atoms with E-state index in [4.69, 9.17) is 28.7 Å². The predicted molar refractivity (Wildman–Crippen MR) is 189 cm³/mol. The van der Waals surface area contributed by atoms with E-state index in [9.17, 15) is 9.59 Å². The van der Waals surface area contributed by atoms with Crippen LogP contribution in [0.1, 0.15) is 35.2 Å². The van der Waals surface area contributed by atoms with Gasteiger partial charge in [-0.05, 0) is 72.3 Å². The van der Waals surface area contributed by atoms with Crippen molar-refractivity contribution in [1.29, 1.82) is 0 Å². The van der Waals surface area contributed by atoms with Crippen LogP contribution in [0.3, 0.4) is 0 Å². The van der Waals surface area contributed by atoms with E-state index in [1.165, 1.54) is 11.3 Å². The topological polar surface area (TPSA) is 97.6 Å². The second-order valence-electron chi connectivity index (χ2n) is 11.1. The highest BCUT2D eigenvalue weighted by atomic mass is 32.2. The summed E-state index contributed by atoms with van der Waals surface area (Å²) in [6, 6.07) is 27.8. The molecule has 248 valence electrons. The number of nitrogens with zero attached hydrogens (tertiary/aromatic N) is 2. The van der Waals surface area contributed by atoms with E-state index in [-0.39, 0.29) is 19.0 Å². The Balaban J connectivity index is 1.30. The fourth-order valence-corrected chi connectivity index (χ4v) is 7.19. The Morgan fingerprint density at radius 2 is 1.80 bits per heavy atom. The Morgan fingerprint density at radius 1 is 1.00 bits per heavy atom. The number of carbonyl (C=O) groups is 1. The Kier molecular flexibility index (Phi) is 9.28. The van der Waals surface area contributed by atoms with Gasteiger partial charge in [0.15, 0.2) is 27.8 Å². The van der Waals surface area contributed by atoms with Gasteiger partial charge in [0.25, 0.3) is 5.56 Å². The zero-order valence-electron chi connectivity index (χ0n) is 27.0. The first-order valence-corrected chi connectivity index (χ1v) is 17.6. The molecule has 11 heteroatoms. The standard InChI is InChI=1S/C38H32N2O7S2/c1-4-44-37(42)33-34(25-8-6-5-7-9-25)39-38-40(35(33)26-12-14-27(48-3)15-13-26)36(41)32(49-38)20-23-10-16-28(30(18-23)43-2)45-21-24-11-17-29-31(19-24)47-22-46-29/h5-20,35H,4,21-22H2,1-3H3/b32-20-/t35-/m1/s1. The number of hydrogen-bond acceptors (Lipinski definition) is 10. The van der Waals surface area contributed by atoms with Crippen LogP contribution in [0.25, 0.3) is 11.8 Å². The Morgan fingerprint density at radius 3 is 2.55 bits per heavy atom. The second-order valence-corrected chi connectivity index (χ2v) is 13.0. The Bertz CT molecular complexity index is 2240. The van der Waals surface area contributed by atoms with E-state index in [0.29, 0.717) is 50.2 Å². The van der Waals surface area contributed by atoms with Gasteiger partial charge >= 0.3 is 5.97 Å². The lowest BCUT2D eigenvalue weighted by atomic mass is 9.93. The van der Waals surface area contributed by atoms with Crippen molar-refractivity contribution < 1.29 is 28.5 Å². The van der Waals surface area contributed by atoms with Crippen LogP contribution in [0.15, 0.2) is 111 Å². The molecule has 0 radical (unpaired) electrons. The first-order valence-electron chi connectivity index (χ1n) is 15.6. The molecule has 0 spiro atoms. The molecule has 0 N–H and O–H groups in total.